The Kier molecular flexibility index (Phi) is 8.26. The molecule has 0 spiro atoms. The monoisotopic (exact) mass is 557 g/mol. The van der Waals surface area contributed by atoms with E-state index in [9.17, 15) is 14.7 Å². The molecular weight excluding hydrogens is 514 g/mol. The highest BCUT2D eigenvalue weighted by molar-refractivity contribution is 5.95. The number of hydrogen-bond donors (Lipinski definition) is 4. The maximum absolute atomic E-state index is 13.2. The van der Waals surface area contributed by atoms with E-state index in [2.05, 4.69) is 47.3 Å². The highest BCUT2D eigenvalue weighted by atomic mass is 16.3. The number of nitrogens with zero attached hydrogens (tertiary/aromatic N) is 2. The van der Waals surface area contributed by atoms with Crippen molar-refractivity contribution < 1.29 is 14.7 Å². The molecular formula is C33H43N5O3. The molecule has 2 saturated heterocycles. The van der Waals surface area contributed by atoms with Crippen LogP contribution in [0.4, 0.5) is 0 Å². The van der Waals surface area contributed by atoms with Crippen molar-refractivity contribution in [3.8, 4) is 11.1 Å². The summed E-state index contributed by atoms with van der Waals surface area (Å²) in [6, 6.07) is 16.6. The van der Waals surface area contributed by atoms with Gasteiger partial charge >= 0.3 is 0 Å². The minimum Gasteiger partial charge on any atom is -0.380 e. The Morgan fingerprint density at radius 1 is 0.878 bits per heavy atom. The van der Waals surface area contributed by atoms with Crippen LogP contribution in [-0.2, 0) is 4.79 Å². The maximum atomic E-state index is 13.2. The van der Waals surface area contributed by atoms with Crippen molar-refractivity contribution in [3.63, 3.8) is 0 Å². The van der Waals surface area contributed by atoms with Crippen LogP contribution in [0.5, 0.6) is 0 Å². The third-order valence-electron chi connectivity index (χ3n) is 9.43. The summed E-state index contributed by atoms with van der Waals surface area (Å²) in [7, 11) is 0. The van der Waals surface area contributed by atoms with Crippen LogP contribution in [-0.4, -0.2) is 64.7 Å². The lowest BCUT2D eigenvalue weighted by Crippen LogP contribution is -2.53. The molecule has 8 nitrogen and oxygen atoms in total. The van der Waals surface area contributed by atoms with Crippen LogP contribution in [0, 0.1) is 11.8 Å². The number of amides is 2. The number of carbonyl (C=O) groups excluding carboxylic acids is 2. The van der Waals surface area contributed by atoms with Gasteiger partial charge in [0.1, 0.15) is 5.60 Å². The Labute approximate surface area is 242 Å². The molecule has 2 aliphatic carbocycles. The van der Waals surface area contributed by atoms with Gasteiger partial charge in [0.2, 0.25) is 0 Å². The summed E-state index contributed by atoms with van der Waals surface area (Å²) in [5.41, 5.74) is 16.3. The second kappa shape index (κ2) is 12.1. The summed E-state index contributed by atoms with van der Waals surface area (Å²) in [6.07, 6.45) is 13.2. The summed E-state index contributed by atoms with van der Waals surface area (Å²) in [5.74, 6) is 0.485. The van der Waals surface area contributed by atoms with E-state index in [0.29, 0.717) is 50.5 Å². The number of benzene rings is 2. The minimum atomic E-state index is -1.15. The summed E-state index contributed by atoms with van der Waals surface area (Å²) in [5, 5.41) is 10.1. The van der Waals surface area contributed by atoms with E-state index in [1.807, 2.05) is 24.3 Å². The third kappa shape index (κ3) is 6.11. The number of carbonyl (C=O) groups is 2. The molecule has 8 heteroatoms. The van der Waals surface area contributed by atoms with Gasteiger partial charge in [-0.15, -0.1) is 0 Å². The fourth-order valence-electron chi connectivity index (χ4n) is 6.73. The lowest BCUT2D eigenvalue weighted by atomic mass is 9.79. The van der Waals surface area contributed by atoms with E-state index < -0.39 is 5.60 Å². The average Bonchev–Trinajstić information content (AvgIpc) is 3.61. The fraction of sp³-hybridized carbons (Fsp3) is 0.515. The molecule has 4 atom stereocenters. The SMILES string of the molecule is NC1NNC(c2cccc(-c3ccc(C(=O)N4CCN(C(=O)C5(O)CC5)CC4)cc3)c2)C1C1/C=C\CCCCCC1. The Morgan fingerprint density at radius 2 is 1.61 bits per heavy atom. The van der Waals surface area contributed by atoms with Gasteiger partial charge in [0.25, 0.3) is 11.8 Å². The van der Waals surface area contributed by atoms with Gasteiger partial charge < -0.3 is 20.6 Å². The molecule has 4 aliphatic rings. The number of hydrogen-bond acceptors (Lipinski definition) is 6. The van der Waals surface area contributed by atoms with Crippen LogP contribution in [0.3, 0.4) is 0 Å². The molecule has 6 rings (SSSR count). The molecule has 0 radical (unpaired) electrons. The lowest BCUT2D eigenvalue weighted by Gasteiger charge is -2.35. The molecule has 5 N–H and O–H groups in total. The van der Waals surface area contributed by atoms with Gasteiger partial charge in [0.05, 0.1) is 12.2 Å². The van der Waals surface area contributed by atoms with Crippen molar-refractivity contribution >= 4 is 11.8 Å². The number of hydrazine groups is 1. The first kappa shape index (κ1) is 28.1. The summed E-state index contributed by atoms with van der Waals surface area (Å²) < 4.78 is 0. The third-order valence-corrected chi connectivity index (χ3v) is 9.43. The van der Waals surface area contributed by atoms with Crippen molar-refractivity contribution in [3.05, 3.63) is 71.8 Å². The molecule has 1 saturated carbocycles. The Hall–Kier alpha value is -3.04. The zero-order chi connectivity index (χ0) is 28.4. The Bertz CT molecular complexity index is 1270. The second-order valence-electron chi connectivity index (χ2n) is 12.3. The normalized spacial score (nSPS) is 28.8. The van der Waals surface area contributed by atoms with Crippen LogP contribution in [0.1, 0.15) is 73.3 Å². The van der Waals surface area contributed by atoms with Gasteiger partial charge in [-0.3, -0.25) is 9.59 Å². The van der Waals surface area contributed by atoms with E-state index in [-0.39, 0.29) is 29.9 Å². The zero-order valence-electron chi connectivity index (χ0n) is 23.8. The predicted octanol–water partition coefficient (Wildman–Crippen LogP) is 3.74. The van der Waals surface area contributed by atoms with Crippen molar-refractivity contribution in [1.82, 2.24) is 20.7 Å². The molecule has 0 aromatic heterocycles. The molecule has 4 unspecified atom stereocenters. The van der Waals surface area contributed by atoms with Crippen molar-refractivity contribution in [1.29, 1.82) is 0 Å². The van der Waals surface area contributed by atoms with Crippen molar-refractivity contribution in [2.24, 2.45) is 17.6 Å². The highest BCUT2D eigenvalue weighted by Crippen LogP contribution is 2.39. The van der Waals surface area contributed by atoms with E-state index in [4.69, 9.17) is 5.73 Å². The van der Waals surface area contributed by atoms with Crippen LogP contribution in [0.15, 0.2) is 60.7 Å². The highest BCUT2D eigenvalue weighted by Gasteiger charge is 2.50. The van der Waals surface area contributed by atoms with Gasteiger partial charge in [0.15, 0.2) is 0 Å². The van der Waals surface area contributed by atoms with Crippen molar-refractivity contribution in [2.45, 2.75) is 69.2 Å². The number of nitrogens with two attached hydrogens (primary N) is 1. The summed E-state index contributed by atoms with van der Waals surface area (Å²) in [4.78, 5) is 29.1. The number of aliphatic hydroxyl groups is 1. The Morgan fingerprint density at radius 3 is 2.37 bits per heavy atom. The average molecular weight is 558 g/mol. The molecule has 2 amide bonds. The van der Waals surface area contributed by atoms with E-state index in [1.165, 1.54) is 31.2 Å². The molecule has 2 heterocycles. The smallest absolute Gasteiger partial charge is 0.254 e. The minimum absolute atomic E-state index is 0.0244. The van der Waals surface area contributed by atoms with Gasteiger partial charge in [-0.1, -0.05) is 61.7 Å². The van der Waals surface area contributed by atoms with Crippen LogP contribution in [0.2, 0.25) is 0 Å². The van der Waals surface area contributed by atoms with Crippen LogP contribution in [0.25, 0.3) is 11.1 Å². The van der Waals surface area contributed by atoms with Crippen LogP contribution >= 0.6 is 0 Å². The first-order chi connectivity index (χ1) is 19.9. The van der Waals surface area contributed by atoms with E-state index in [0.717, 1.165) is 24.0 Å². The topological polar surface area (TPSA) is 111 Å². The van der Waals surface area contributed by atoms with Gasteiger partial charge in [0, 0.05) is 37.7 Å². The molecule has 218 valence electrons. The zero-order valence-corrected chi connectivity index (χ0v) is 23.8. The van der Waals surface area contributed by atoms with Gasteiger partial charge in [-0.25, -0.2) is 10.9 Å². The number of rotatable bonds is 5. The van der Waals surface area contributed by atoms with Gasteiger partial charge in [-0.05, 0) is 72.9 Å². The van der Waals surface area contributed by atoms with Gasteiger partial charge in [-0.2, -0.15) is 0 Å². The largest absolute Gasteiger partial charge is 0.380 e. The maximum Gasteiger partial charge on any atom is 0.254 e. The second-order valence-corrected chi connectivity index (χ2v) is 12.3. The molecule has 2 aliphatic heterocycles. The number of nitrogens with one attached hydrogen (secondary N) is 2. The Balaban J connectivity index is 1.12. The van der Waals surface area contributed by atoms with E-state index in [1.54, 1.807) is 9.80 Å². The van der Waals surface area contributed by atoms with Crippen LogP contribution < -0.4 is 16.6 Å². The number of allylic oxidation sites excluding steroid dienone is 2. The lowest BCUT2D eigenvalue weighted by molar-refractivity contribution is -0.143. The summed E-state index contributed by atoms with van der Waals surface area (Å²) in [6.45, 7) is 1.88. The molecule has 41 heavy (non-hydrogen) atoms. The molecule has 0 bridgehead atoms. The number of piperazine rings is 1. The predicted molar refractivity (Wildman–Crippen MR) is 159 cm³/mol. The molecule has 2 aromatic carbocycles. The molecule has 3 fully saturated rings. The standard InChI is InChI=1S/C33H43N5O3/c34-30-28(24-8-5-3-1-2-4-6-9-24)29(35-36-30)27-11-7-10-26(22-27)23-12-14-25(15-13-23)31(39)37-18-20-38(21-19-37)32(40)33(41)16-17-33/h5,7-8,10-15,22,24,28-30,35-36,41H,1-4,6,9,16-21,34H2/b8-5-. The van der Waals surface area contributed by atoms with E-state index >= 15 is 0 Å². The quantitative estimate of drug-likeness (QED) is 0.417. The summed E-state index contributed by atoms with van der Waals surface area (Å²) >= 11 is 0. The first-order valence-corrected chi connectivity index (χ1v) is 15.4. The molecule has 2 aromatic rings. The fourth-order valence-corrected chi connectivity index (χ4v) is 6.73. The van der Waals surface area contributed by atoms with Crippen molar-refractivity contribution in [2.75, 3.05) is 26.2 Å². The first-order valence-electron chi connectivity index (χ1n) is 15.4.